The molecular weight excluding hydrogens is 355 g/mol. The number of amides is 1. The third kappa shape index (κ3) is 3.65. The van der Waals surface area contributed by atoms with E-state index in [1.807, 2.05) is 0 Å². The summed E-state index contributed by atoms with van der Waals surface area (Å²) in [6.45, 7) is 1.84. The number of nitrogens with one attached hydrogen (secondary N) is 1. The molecule has 3 aromatic rings. The number of halogens is 1. The van der Waals surface area contributed by atoms with Crippen LogP contribution in [0.25, 0.3) is 5.78 Å². The molecule has 1 N–H and O–H groups in total. The number of aromatic nitrogens is 4. The Labute approximate surface area is 153 Å². The lowest BCUT2D eigenvalue weighted by atomic mass is 10.3. The molecule has 1 aromatic carbocycles. The first-order valence-corrected chi connectivity index (χ1v) is 8.44. The number of benzene rings is 1. The largest absolute Gasteiger partial charge is 0.378 e. The van der Waals surface area contributed by atoms with Crippen LogP contribution in [0.1, 0.15) is 0 Å². The molecule has 1 aliphatic heterocycles. The van der Waals surface area contributed by atoms with Crippen molar-refractivity contribution >= 4 is 23.2 Å². The van der Waals surface area contributed by atoms with Gasteiger partial charge in [-0.2, -0.15) is 4.98 Å². The van der Waals surface area contributed by atoms with Crippen molar-refractivity contribution in [1.82, 2.24) is 24.1 Å². The molecule has 3 heterocycles. The van der Waals surface area contributed by atoms with E-state index in [2.05, 4.69) is 15.4 Å². The molecule has 0 atom stereocenters. The van der Waals surface area contributed by atoms with Gasteiger partial charge in [0.15, 0.2) is 0 Å². The summed E-state index contributed by atoms with van der Waals surface area (Å²) >= 11 is 0. The van der Waals surface area contributed by atoms with Crippen LogP contribution in [0, 0.1) is 5.82 Å². The maximum atomic E-state index is 13.0. The topological polar surface area (TPSA) is 93.8 Å². The Kier molecular flexibility index (Phi) is 4.55. The lowest BCUT2D eigenvalue weighted by molar-refractivity contribution is -0.136. The van der Waals surface area contributed by atoms with Gasteiger partial charge in [0.1, 0.15) is 18.2 Å². The minimum atomic E-state index is -0.438. The third-order valence-electron chi connectivity index (χ3n) is 4.22. The molecule has 0 saturated carbocycles. The summed E-state index contributed by atoms with van der Waals surface area (Å²) in [6, 6.07) is 7.42. The monoisotopic (exact) mass is 372 g/mol. The molecule has 0 bridgehead atoms. The number of hydrogen-bond donors (Lipinski definition) is 1. The van der Waals surface area contributed by atoms with Crippen LogP contribution in [0.5, 0.6) is 0 Å². The van der Waals surface area contributed by atoms with Crippen molar-refractivity contribution in [3.05, 3.63) is 52.8 Å². The van der Waals surface area contributed by atoms with Gasteiger partial charge in [0.2, 0.25) is 5.91 Å². The van der Waals surface area contributed by atoms with Crippen molar-refractivity contribution < 1.29 is 13.9 Å². The van der Waals surface area contributed by atoms with Gasteiger partial charge >= 0.3 is 5.69 Å². The molecule has 1 amide bonds. The first-order valence-electron chi connectivity index (χ1n) is 8.44. The van der Waals surface area contributed by atoms with Crippen LogP contribution in [0.3, 0.4) is 0 Å². The predicted octanol–water partition coefficient (Wildman–Crippen LogP) is 0.632. The van der Waals surface area contributed by atoms with Gasteiger partial charge in [-0.25, -0.2) is 18.3 Å². The minimum absolute atomic E-state index is 0.150. The van der Waals surface area contributed by atoms with Gasteiger partial charge in [0.25, 0.3) is 5.78 Å². The Morgan fingerprint density at radius 2 is 1.93 bits per heavy atom. The quantitative estimate of drug-likeness (QED) is 0.722. The maximum Gasteiger partial charge on any atom is 0.352 e. The zero-order chi connectivity index (χ0) is 18.8. The molecule has 0 spiro atoms. The number of fused-ring (bicyclic) bond motifs is 1. The standard InChI is InChI=1S/C17H17FN6O3/c18-12-1-3-13(4-2-12)19-14-5-6-23-16(20-14)21-24(17(23)26)11-15(25)22-7-9-27-10-8-22/h1-6H,7-11H2,(H,19,20,21). The molecule has 10 heteroatoms. The normalized spacial score (nSPS) is 14.5. The smallest absolute Gasteiger partial charge is 0.352 e. The van der Waals surface area contributed by atoms with Crippen LogP contribution >= 0.6 is 0 Å². The molecule has 1 fully saturated rings. The Morgan fingerprint density at radius 3 is 2.67 bits per heavy atom. The number of hydrogen-bond acceptors (Lipinski definition) is 6. The lowest BCUT2D eigenvalue weighted by Crippen LogP contribution is -2.43. The van der Waals surface area contributed by atoms with Crippen LogP contribution in [0.4, 0.5) is 15.9 Å². The van der Waals surface area contributed by atoms with Crippen molar-refractivity contribution in [2.45, 2.75) is 6.54 Å². The maximum absolute atomic E-state index is 13.0. The Bertz CT molecular complexity index is 1020. The fourth-order valence-corrected chi connectivity index (χ4v) is 2.80. The average molecular weight is 372 g/mol. The highest BCUT2D eigenvalue weighted by Crippen LogP contribution is 2.14. The second-order valence-electron chi connectivity index (χ2n) is 6.05. The van der Waals surface area contributed by atoms with Crippen LogP contribution in [0.15, 0.2) is 41.3 Å². The van der Waals surface area contributed by atoms with E-state index in [1.54, 1.807) is 23.1 Å². The minimum Gasteiger partial charge on any atom is -0.378 e. The number of rotatable bonds is 4. The second kappa shape index (κ2) is 7.16. The summed E-state index contributed by atoms with van der Waals surface area (Å²) in [5, 5.41) is 7.15. The van der Waals surface area contributed by atoms with Gasteiger partial charge in [-0.05, 0) is 30.3 Å². The number of anilines is 2. The summed E-state index contributed by atoms with van der Waals surface area (Å²) in [5.41, 5.74) is 0.213. The van der Waals surface area contributed by atoms with E-state index >= 15 is 0 Å². The number of ether oxygens (including phenoxy) is 1. The van der Waals surface area contributed by atoms with Gasteiger partial charge in [-0.15, -0.1) is 5.10 Å². The summed E-state index contributed by atoms with van der Waals surface area (Å²) in [5.74, 6) is 0.0975. The molecule has 2 aromatic heterocycles. The fourth-order valence-electron chi connectivity index (χ4n) is 2.80. The fraction of sp³-hybridized carbons (Fsp3) is 0.294. The molecule has 0 unspecified atom stereocenters. The van der Waals surface area contributed by atoms with Crippen LogP contribution in [0.2, 0.25) is 0 Å². The molecule has 0 radical (unpaired) electrons. The first-order chi connectivity index (χ1) is 13.1. The number of morpholine rings is 1. The van der Waals surface area contributed by atoms with Crippen molar-refractivity contribution in [2.75, 3.05) is 31.6 Å². The number of carbonyl (C=O) groups excluding carboxylic acids is 1. The highest BCUT2D eigenvalue weighted by atomic mass is 19.1. The Balaban J connectivity index is 1.55. The summed E-state index contributed by atoms with van der Waals surface area (Å²) in [7, 11) is 0. The summed E-state index contributed by atoms with van der Waals surface area (Å²) in [4.78, 5) is 30.7. The van der Waals surface area contributed by atoms with Crippen molar-refractivity contribution in [1.29, 1.82) is 0 Å². The second-order valence-corrected chi connectivity index (χ2v) is 6.05. The highest BCUT2D eigenvalue weighted by Gasteiger charge is 2.19. The SMILES string of the molecule is O=C(Cn1nc2nc(Nc3ccc(F)cc3)ccn2c1=O)N1CCOCC1. The van der Waals surface area contributed by atoms with Gasteiger partial charge in [0, 0.05) is 25.0 Å². The molecule has 0 aliphatic carbocycles. The van der Waals surface area contributed by atoms with E-state index in [9.17, 15) is 14.0 Å². The average Bonchev–Trinajstić information content (AvgIpc) is 2.99. The van der Waals surface area contributed by atoms with E-state index in [1.165, 1.54) is 22.7 Å². The summed E-state index contributed by atoms with van der Waals surface area (Å²) in [6.07, 6.45) is 1.53. The molecule has 1 aliphatic rings. The molecule has 9 nitrogen and oxygen atoms in total. The van der Waals surface area contributed by atoms with Crippen molar-refractivity contribution in [2.24, 2.45) is 0 Å². The van der Waals surface area contributed by atoms with Crippen LogP contribution in [-0.4, -0.2) is 56.3 Å². The Hall–Kier alpha value is -3.27. The van der Waals surface area contributed by atoms with Crippen molar-refractivity contribution in [3.63, 3.8) is 0 Å². The van der Waals surface area contributed by atoms with Gasteiger partial charge in [-0.3, -0.25) is 4.79 Å². The van der Waals surface area contributed by atoms with E-state index in [4.69, 9.17) is 4.74 Å². The molecular formula is C17H17FN6O3. The third-order valence-corrected chi connectivity index (χ3v) is 4.22. The van der Waals surface area contributed by atoms with Gasteiger partial charge in [0.05, 0.1) is 13.2 Å². The zero-order valence-electron chi connectivity index (χ0n) is 14.3. The van der Waals surface area contributed by atoms with Crippen LogP contribution in [-0.2, 0) is 16.1 Å². The molecule has 4 rings (SSSR count). The van der Waals surface area contributed by atoms with E-state index in [-0.39, 0.29) is 24.0 Å². The van der Waals surface area contributed by atoms with E-state index in [0.717, 1.165) is 4.68 Å². The molecule has 27 heavy (non-hydrogen) atoms. The van der Waals surface area contributed by atoms with Gasteiger partial charge < -0.3 is 15.0 Å². The number of nitrogens with zero attached hydrogens (tertiary/aromatic N) is 5. The Morgan fingerprint density at radius 1 is 1.19 bits per heavy atom. The first kappa shape index (κ1) is 17.2. The zero-order valence-corrected chi connectivity index (χ0v) is 14.3. The van der Waals surface area contributed by atoms with Crippen LogP contribution < -0.4 is 11.0 Å². The van der Waals surface area contributed by atoms with E-state index in [0.29, 0.717) is 37.8 Å². The molecule has 140 valence electrons. The highest BCUT2D eigenvalue weighted by molar-refractivity contribution is 5.76. The summed E-state index contributed by atoms with van der Waals surface area (Å²) < 4.78 is 20.6. The lowest BCUT2D eigenvalue weighted by Gasteiger charge is -2.26. The van der Waals surface area contributed by atoms with E-state index < -0.39 is 5.69 Å². The number of carbonyl (C=O) groups is 1. The molecule has 1 saturated heterocycles. The van der Waals surface area contributed by atoms with Crippen molar-refractivity contribution in [3.8, 4) is 0 Å². The predicted molar refractivity (Wildman–Crippen MR) is 94.3 cm³/mol. The van der Waals surface area contributed by atoms with Gasteiger partial charge in [-0.1, -0.05) is 0 Å².